The predicted molar refractivity (Wildman–Crippen MR) is 111 cm³/mol. The minimum Gasteiger partial charge on any atom is -0.351 e. The van der Waals surface area contributed by atoms with Gasteiger partial charge in [-0.1, -0.05) is 43.7 Å². The molecule has 2 aromatic carbocycles. The first-order chi connectivity index (χ1) is 14.2. The predicted octanol–water partition coefficient (Wildman–Crippen LogP) is 4.73. The van der Waals surface area contributed by atoms with E-state index in [1.54, 1.807) is 22.7 Å². The fourth-order valence-electron chi connectivity index (χ4n) is 3.14. The van der Waals surface area contributed by atoms with Gasteiger partial charge in [-0.25, -0.2) is 13.9 Å². The number of halogens is 1. The molecule has 0 aliphatic heterocycles. The van der Waals surface area contributed by atoms with Gasteiger partial charge in [-0.05, 0) is 36.8 Å². The zero-order chi connectivity index (χ0) is 20.2. The number of aromatic nitrogens is 3. The Hall–Kier alpha value is -3.54. The van der Waals surface area contributed by atoms with Crippen molar-refractivity contribution in [2.75, 3.05) is 6.54 Å². The molecule has 1 N–H and O–H groups in total. The number of hydrogen-bond acceptors (Lipinski definition) is 3. The second kappa shape index (κ2) is 8.22. The molecule has 0 saturated carbocycles. The largest absolute Gasteiger partial charge is 0.351 e. The summed E-state index contributed by atoms with van der Waals surface area (Å²) in [7, 11) is 0. The van der Waals surface area contributed by atoms with Crippen LogP contribution in [-0.2, 0) is 0 Å². The highest BCUT2D eigenvalue weighted by Crippen LogP contribution is 2.25. The average molecular weight is 388 g/mol. The fourth-order valence-corrected chi connectivity index (χ4v) is 3.14. The van der Waals surface area contributed by atoms with E-state index in [0.29, 0.717) is 23.6 Å². The molecule has 1 amide bonds. The summed E-state index contributed by atoms with van der Waals surface area (Å²) in [5, 5.41) is 7.59. The van der Waals surface area contributed by atoms with Crippen LogP contribution in [0.1, 0.15) is 30.3 Å². The molecular formula is C23H21FN4O. The Bertz CT molecular complexity index is 1140. The third kappa shape index (κ3) is 4.01. The van der Waals surface area contributed by atoms with E-state index >= 15 is 0 Å². The van der Waals surface area contributed by atoms with Gasteiger partial charge < -0.3 is 5.32 Å². The quantitative estimate of drug-likeness (QED) is 0.486. The molecule has 146 valence electrons. The molecule has 4 rings (SSSR count). The van der Waals surface area contributed by atoms with Gasteiger partial charge >= 0.3 is 0 Å². The van der Waals surface area contributed by atoms with Crippen molar-refractivity contribution in [3.8, 4) is 22.5 Å². The molecule has 0 saturated heterocycles. The van der Waals surface area contributed by atoms with Gasteiger partial charge in [0.2, 0.25) is 0 Å². The molecule has 5 nitrogen and oxygen atoms in total. The Morgan fingerprint density at radius 3 is 2.52 bits per heavy atom. The van der Waals surface area contributed by atoms with Gasteiger partial charge in [0.15, 0.2) is 5.65 Å². The summed E-state index contributed by atoms with van der Waals surface area (Å²) in [5.41, 5.74) is 4.02. The fraction of sp³-hybridized carbons (Fsp3) is 0.174. The first kappa shape index (κ1) is 18.8. The van der Waals surface area contributed by atoms with Crippen molar-refractivity contribution in [3.05, 3.63) is 78.2 Å². The maximum Gasteiger partial charge on any atom is 0.270 e. The second-order valence-electron chi connectivity index (χ2n) is 6.81. The minimum absolute atomic E-state index is 0.230. The molecule has 29 heavy (non-hydrogen) atoms. The summed E-state index contributed by atoms with van der Waals surface area (Å²) in [6.45, 7) is 2.67. The third-order valence-corrected chi connectivity index (χ3v) is 4.69. The second-order valence-corrected chi connectivity index (χ2v) is 6.81. The molecule has 0 unspecified atom stereocenters. The lowest BCUT2D eigenvalue weighted by Crippen LogP contribution is -2.25. The lowest BCUT2D eigenvalue weighted by molar-refractivity contribution is 0.0948. The van der Waals surface area contributed by atoms with Crippen LogP contribution < -0.4 is 5.32 Å². The summed E-state index contributed by atoms with van der Waals surface area (Å²) >= 11 is 0. The molecule has 2 aromatic heterocycles. The SMILES string of the molecule is CCCCNC(=O)c1cc(-c2ccc(F)cc2)n2nc(-c3ccccc3)cc2n1. The molecular weight excluding hydrogens is 367 g/mol. The van der Waals surface area contributed by atoms with E-state index < -0.39 is 0 Å². The van der Waals surface area contributed by atoms with Gasteiger partial charge in [-0.3, -0.25) is 4.79 Å². The van der Waals surface area contributed by atoms with Crippen LogP contribution in [0.15, 0.2) is 66.7 Å². The Morgan fingerprint density at radius 2 is 1.79 bits per heavy atom. The minimum atomic E-state index is -0.318. The number of fused-ring (bicyclic) bond motifs is 1. The number of nitrogens with one attached hydrogen (secondary N) is 1. The van der Waals surface area contributed by atoms with Crippen LogP contribution in [0, 0.1) is 5.82 Å². The number of benzene rings is 2. The number of carbonyl (C=O) groups is 1. The number of rotatable bonds is 6. The summed E-state index contributed by atoms with van der Waals surface area (Å²) < 4.78 is 15.1. The molecule has 0 atom stereocenters. The van der Waals surface area contributed by atoms with E-state index in [0.717, 1.165) is 29.7 Å². The van der Waals surface area contributed by atoms with Crippen LogP contribution in [0.3, 0.4) is 0 Å². The van der Waals surface area contributed by atoms with Crippen molar-refractivity contribution >= 4 is 11.6 Å². The Balaban J connectivity index is 1.83. The van der Waals surface area contributed by atoms with Crippen molar-refractivity contribution in [2.45, 2.75) is 19.8 Å². The van der Waals surface area contributed by atoms with E-state index in [4.69, 9.17) is 0 Å². The van der Waals surface area contributed by atoms with Crippen LogP contribution in [0.4, 0.5) is 4.39 Å². The first-order valence-corrected chi connectivity index (χ1v) is 9.66. The lowest BCUT2D eigenvalue weighted by atomic mass is 10.1. The highest BCUT2D eigenvalue weighted by molar-refractivity contribution is 5.94. The van der Waals surface area contributed by atoms with Crippen molar-refractivity contribution in [2.24, 2.45) is 0 Å². The Morgan fingerprint density at radius 1 is 1.03 bits per heavy atom. The molecule has 0 fully saturated rings. The lowest BCUT2D eigenvalue weighted by Gasteiger charge is -2.09. The summed E-state index contributed by atoms with van der Waals surface area (Å²) in [4.78, 5) is 17.1. The maximum atomic E-state index is 13.4. The first-order valence-electron chi connectivity index (χ1n) is 9.66. The summed E-state index contributed by atoms with van der Waals surface area (Å²) in [5.74, 6) is -0.547. The number of unbranched alkanes of at least 4 members (excludes halogenated alkanes) is 1. The Labute approximate surface area is 168 Å². The zero-order valence-corrected chi connectivity index (χ0v) is 16.1. The van der Waals surface area contributed by atoms with E-state index in [1.807, 2.05) is 36.4 Å². The van der Waals surface area contributed by atoms with Crippen LogP contribution >= 0.6 is 0 Å². The van der Waals surface area contributed by atoms with Gasteiger partial charge in [-0.2, -0.15) is 5.10 Å². The van der Waals surface area contributed by atoms with Crippen molar-refractivity contribution in [3.63, 3.8) is 0 Å². The van der Waals surface area contributed by atoms with Crippen LogP contribution in [0.2, 0.25) is 0 Å². The standard InChI is InChI=1S/C23H21FN4O/c1-2-3-13-25-23(29)20-14-21(17-9-11-18(24)12-10-17)28-22(26-20)15-19(27-28)16-7-5-4-6-8-16/h4-12,14-15H,2-3,13H2,1H3,(H,25,29). The zero-order valence-electron chi connectivity index (χ0n) is 16.1. The van der Waals surface area contributed by atoms with Crippen LogP contribution in [-0.4, -0.2) is 27.0 Å². The summed E-state index contributed by atoms with van der Waals surface area (Å²) in [6, 6.07) is 19.5. The van der Waals surface area contributed by atoms with Crippen LogP contribution in [0.5, 0.6) is 0 Å². The number of carbonyl (C=O) groups excluding carboxylic acids is 1. The number of nitrogens with zero attached hydrogens (tertiary/aromatic N) is 3. The highest BCUT2D eigenvalue weighted by atomic mass is 19.1. The molecule has 0 aliphatic rings. The van der Waals surface area contributed by atoms with Gasteiger partial charge in [-0.15, -0.1) is 0 Å². The van der Waals surface area contributed by atoms with E-state index in [2.05, 4.69) is 22.3 Å². The van der Waals surface area contributed by atoms with Gasteiger partial charge in [0.25, 0.3) is 5.91 Å². The molecule has 0 radical (unpaired) electrons. The van der Waals surface area contributed by atoms with Crippen molar-refractivity contribution in [1.29, 1.82) is 0 Å². The Kier molecular flexibility index (Phi) is 5.33. The van der Waals surface area contributed by atoms with E-state index in [9.17, 15) is 9.18 Å². The number of hydrogen-bond donors (Lipinski definition) is 1. The van der Waals surface area contributed by atoms with Gasteiger partial charge in [0, 0.05) is 23.7 Å². The van der Waals surface area contributed by atoms with Crippen molar-refractivity contribution < 1.29 is 9.18 Å². The molecule has 6 heteroatoms. The molecule has 4 aromatic rings. The molecule has 0 bridgehead atoms. The average Bonchev–Trinajstić information content (AvgIpc) is 3.19. The smallest absolute Gasteiger partial charge is 0.270 e. The molecule has 0 aliphatic carbocycles. The van der Waals surface area contributed by atoms with Gasteiger partial charge in [0.05, 0.1) is 11.4 Å². The normalized spacial score (nSPS) is 11.0. The third-order valence-electron chi connectivity index (χ3n) is 4.69. The van der Waals surface area contributed by atoms with Gasteiger partial charge in [0.1, 0.15) is 11.5 Å². The van der Waals surface area contributed by atoms with Crippen molar-refractivity contribution in [1.82, 2.24) is 19.9 Å². The molecule has 2 heterocycles. The summed E-state index contributed by atoms with van der Waals surface area (Å²) in [6.07, 6.45) is 1.90. The molecule has 0 spiro atoms. The monoisotopic (exact) mass is 388 g/mol. The highest BCUT2D eigenvalue weighted by Gasteiger charge is 2.16. The van der Waals surface area contributed by atoms with E-state index in [1.165, 1.54) is 12.1 Å². The van der Waals surface area contributed by atoms with E-state index in [-0.39, 0.29) is 11.7 Å². The number of amides is 1. The maximum absolute atomic E-state index is 13.4. The topological polar surface area (TPSA) is 59.3 Å². The van der Waals surface area contributed by atoms with Crippen LogP contribution in [0.25, 0.3) is 28.2 Å².